The van der Waals surface area contributed by atoms with E-state index in [0.29, 0.717) is 16.1 Å². The minimum Gasteiger partial charge on any atom is -0.462 e. The van der Waals surface area contributed by atoms with E-state index < -0.39 is 17.8 Å². The molecule has 4 heterocycles. The summed E-state index contributed by atoms with van der Waals surface area (Å²) in [6.45, 7) is 4.30. The highest BCUT2D eigenvalue weighted by molar-refractivity contribution is 5.96. The number of alkyl halides is 3. The molecule has 34 heavy (non-hydrogen) atoms. The number of nitrogens with zero attached hydrogens (tertiary/aromatic N) is 4. The van der Waals surface area contributed by atoms with E-state index in [9.17, 15) is 18.0 Å². The fourth-order valence-corrected chi connectivity index (χ4v) is 5.21. The number of halogens is 3. The van der Waals surface area contributed by atoms with Gasteiger partial charge in [0.25, 0.3) is 0 Å². The first-order chi connectivity index (χ1) is 16.3. The van der Waals surface area contributed by atoms with Crippen molar-refractivity contribution in [2.24, 2.45) is 5.92 Å². The minimum absolute atomic E-state index is 0.0595. The number of aromatic nitrogens is 3. The van der Waals surface area contributed by atoms with E-state index in [2.05, 4.69) is 15.0 Å². The second-order valence-electron chi connectivity index (χ2n) is 9.28. The Morgan fingerprint density at radius 2 is 1.88 bits per heavy atom. The van der Waals surface area contributed by atoms with E-state index in [0.717, 1.165) is 50.2 Å². The molecule has 2 aliphatic heterocycles. The van der Waals surface area contributed by atoms with Crippen molar-refractivity contribution in [3.05, 3.63) is 53.3 Å². The van der Waals surface area contributed by atoms with Crippen LogP contribution in [0.2, 0.25) is 0 Å². The molecule has 3 aromatic rings. The number of rotatable bonds is 4. The maximum absolute atomic E-state index is 13.8. The van der Waals surface area contributed by atoms with Gasteiger partial charge < -0.3 is 4.74 Å². The average Bonchev–Trinajstić information content (AvgIpc) is 3.26. The SMILES string of the molecule is Cc1ccc(-c2cc(C(F)(F)F)n3ncc(C(=O)OC[C@H]4CCCN5CCCC[C@@H]45)c3n2)cc1. The van der Waals surface area contributed by atoms with Gasteiger partial charge in [-0.3, -0.25) is 4.90 Å². The number of esters is 1. The highest BCUT2D eigenvalue weighted by Gasteiger charge is 2.37. The number of benzene rings is 1. The smallest absolute Gasteiger partial charge is 0.433 e. The zero-order chi connectivity index (χ0) is 23.9. The van der Waals surface area contributed by atoms with Crippen LogP contribution < -0.4 is 0 Å². The van der Waals surface area contributed by atoms with Crippen molar-refractivity contribution in [2.75, 3.05) is 19.7 Å². The van der Waals surface area contributed by atoms with Gasteiger partial charge in [0.1, 0.15) is 5.56 Å². The van der Waals surface area contributed by atoms with Gasteiger partial charge in [-0.15, -0.1) is 0 Å². The van der Waals surface area contributed by atoms with Crippen molar-refractivity contribution in [3.63, 3.8) is 0 Å². The van der Waals surface area contributed by atoms with Crippen LogP contribution in [-0.2, 0) is 10.9 Å². The third kappa shape index (κ3) is 4.41. The summed E-state index contributed by atoms with van der Waals surface area (Å²) >= 11 is 0. The highest BCUT2D eigenvalue weighted by atomic mass is 19.4. The largest absolute Gasteiger partial charge is 0.462 e. The summed E-state index contributed by atoms with van der Waals surface area (Å²) in [5.74, 6) is -0.453. The predicted octanol–water partition coefficient (Wildman–Crippen LogP) is 5.14. The second-order valence-corrected chi connectivity index (χ2v) is 9.28. The van der Waals surface area contributed by atoms with Crippen LogP contribution in [-0.4, -0.2) is 51.2 Å². The number of hydrogen-bond acceptors (Lipinski definition) is 5. The van der Waals surface area contributed by atoms with Crippen LogP contribution in [0.4, 0.5) is 13.2 Å². The number of carbonyl (C=O) groups is 1. The van der Waals surface area contributed by atoms with Gasteiger partial charge in [-0.2, -0.15) is 18.3 Å². The molecule has 2 fully saturated rings. The standard InChI is InChI=1S/C25H27F3N4O2/c1-16-7-9-17(10-8-16)20-13-22(25(26,27)28)32-23(30-20)19(14-29-32)24(33)34-15-18-5-4-12-31-11-3-2-6-21(18)31/h7-10,13-14,18,21H,2-6,11-12,15H2,1H3/t18-,21+/m1/s1. The van der Waals surface area contributed by atoms with Crippen molar-refractivity contribution in [1.82, 2.24) is 19.5 Å². The lowest BCUT2D eigenvalue weighted by Crippen LogP contribution is -2.49. The summed E-state index contributed by atoms with van der Waals surface area (Å²) in [7, 11) is 0. The fourth-order valence-electron chi connectivity index (χ4n) is 5.21. The molecule has 2 aliphatic rings. The van der Waals surface area contributed by atoms with Crippen molar-refractivity contribution in [3.8, 4) is 11.3 Å². The van der Waals surface area contributed by atoms with Gasteiger partial charge >= 0.3 is 12.1 Å². The number of carbonyl (C=O) groups excluding carboxylic acids is 1. The third-order valence-electron chi connectivity index (χ3n) is 6.99. The number of piperidine rings is 2. The van der Waals surface area contributed by atoms with Crippen LogP contribution in [0.25, 0.3) is 16.9 Å². The first kappa shape index (κ1) is 22.8. The number of ether oxygens (including phenoxy) is 1. The van der Waals surface area contributed by atoms with Gasteiger partial charge in [0.15, 0.2) is 11.3 Å². The molecule has 2 atom stereocenters. The van der Waals surface area contributed by atoms with Crippen LogP contribution in [0.5, 0.6) is 0 Å². The van der Waals surface area contributed by atoms with Crippen LogP contribution in [0.15, 0.2) is 36.5 Å². The van der Waals surface area contributed by atoms with E-state index in [1.54, 1.807) is 24.3 Å². The molecule has 1 aromatic carbocycles. The molecule has 0 N–H and O–H groups in total. The van der Waals surface area contributed by atoms with Gasteiger partial charge in [-0.25, -0.2) is 14.3 Å². The quantitative estimate of drug-likeness (QED) is 0.492. The molecule has 0 amide bonds. The Morgan fingerprint density at radius 3 is 2.65 bits per heavy atom. The molecule has 0 bridgehead atoms. The molecule has 6 nitrogen and oxygen atoms in total. The summed E-state index contributed by atoms with van der Waals surface area (Å²) in [4.78, 5) is 19.8. The fraction of sp³-hybridized carbons (Fsp3) is 0.480. The molecular weight excluding hydrogens is 445 g/mol. The van der Waals surface area contributed by atoms with Crippen LogP contribution in [0.3, 0.4) is 0 Å². The van der Waals surface area contributed by atoms with Gasteiger partial charge in [0.05, 0.1) is 18.5 Å². The lowest BCUT2D eigenvalue weighted by atomic mass is 9.84. The van der Waals surface area contributed by atoms with Gasteiger partial charge in [-0.1, -0.05) is 36.2 Å². The topological polar surface area (TPSA) is 59.7 Å². The summed E-state index contributed by atoms with van der Waals surface area (Å²) < 4.78 is 47.8. The summed E-state index contributed by atoms with van der Waals surface area (Å²) in [5.41, 5.74) is 0.429. The molecular formula is C25H27F3N4O2. The van der Waals surface area contributed by atoms with Gasteiger partial charge in [-0.05, 0) is 51.8 Å². The number of aryl methyl sites for hydroxylation is 1. The summed E-state index contributed by atoms with van der Waals surface area (Å²) in [5, 5.41) is 3.84. The number of hydrogen-bond donors (Lipinski definition) is 0. The van der Waals surface area contributed by atoms with Gasteiger partial charge in [0.2, 0.25) is 0 Å². The Morgan fingerprint density at radius 1 is 1.12 bits per heavy atom. The molecule has 0 saturated carbocycles. The predicted molar refractivity (Wildman–Crippen MR) is 120 cm³/mol. The molecule has 2 aromatic heterocycles. The maximum atomic E-state index is 13.8. The van der Waals surface area contributed by atoms with Crippen molar-refractivity contribution >= 4 is 11.6 Å². The lowest BCUT2D eigenvalue weighted by molar-refractivity contribution is -0.142. The minimum atomic E-state index is -4.67. The lowest BCUT2D eigenvalue weighted by Gasteiger charge is -2.44. The summed E-state index contributed by atoms with van der Waals surface area (Å²) in [6, 6.07) is 8.39. The molecule has 0 spiro atoms. The van der Waals surface area contributed by atoms with Crippen molar-refractivity contribution in [1.29, 1.82) is 0 Å². The van der Waals surface area contributed by atoms with Crippen molar-refractivity contribution < 1.29 is 22.7 Å². The van der Waals surface area contributed by atoms with Crippen LogP contribution >= 0.6 is 0 Å². The normalized spacial score (nSPS) is 21.4. The molecule has 2 saturated heterocycles. The Balaban J connectivity index is 1.44. The zero-order valence-corrected chi connectivity index (χ0v) is 19.0. The Bertz CT molecular complexity index is 1190. The van der Waals surface area contributed by atoms with Gasteiger partial charge in [0, 0.05) is 17.5 Å². The third-order valence-corrected chi connectivity index (χ3v) is 6.99. The molecule has 0 aliphatic carbocycles. The number of fused-ring (bicyclic) bond motifs is 2. The monoisotopic (exact) mass is 472 g/mol. The zero-order valence-electron chi connectivity index (χ0n) is 19.0. The maximum Gasteiger partial charge on any atom is 0.433 e. The Kier molecular flexibility index (Phi) is 6.06. The van der Waals surface area contributed by atoms with Crippen LogP contribution in [0.1, 0.15) is 53.7 Å². The van der Waals surface area contributed by atoms with E-state index in [-0.39, 0.29) is 29.4 Å². The van der Waals surface area contributed by atoms with E-state index in [1.165, 1.54) is 12.8 Å². The molecule has 9 heteroatoms. The summed E-state index contributed by atoms with van der Waals surface area (Å²) in [6.07, 6.45) is 1.96. The molecule has 5 rings (SSSR count). The first-order valence-corrected chi connectivity index (χ1v) is 11.8. The molecule has 0 unspecified atom stereocenters. The molecule has 180 valence electrons. The van der Waals surface area contributed by atoms with E-state index in [1.807, 2.05) is 6.92 Å². The highest BCUT2D eigenvalue weighted by Crippen LogP contribution is 2.34. The molecule has 0 radical (unpaired) electrons. The second kappa shape index (κ2) is 9.02. The van der Waals surface area contributed by atoms with Crippen LogP contribution in [0, 0.1) is 12.8 Å². The van der Waals surface area contributed by atoms with Crippen molar-refractivity contribution in [2.45, 2.75) is 51.2 Å². The first-order valence-electron chi connectivity index (χ1n) is 11.8. The Labute approximate surface area is 195 Å². The average molecular weight is 473 g/mol. The Hall–Kier alpha value is -2.94. The van der Waals surface area contributed by atoms with E-state index >= 15 is 0 Å². The van der Waals surface area contributed by atoms with E-state index in [4.69, 9.17) is 4.74 Å².